The second kappa shape index (κ2) is 4.32. The maximum atomic E-state index is 13.4. The third-order valence-electron chi connectivity index (χ3n) is 1.84. The van der Waals surface area contributed by atoms with Crippen molar-refractivity contribution in [1.82, 2.24) is 0 Å². The Hall–Kier alpha value is -1.24. The Labute approximate surface area is 92.3 Å². The van der Waals surface area contributed by atoms with Crippen molar-refractivity contribution in [3.05, 3.63) is 29.1 Å². The summed E-state index contributed by atoms with van der Waals surface area (Å²) in [6.07, 6.45) is -3.62. The second-order valence-electron chi connectivity index (χ2n) is 2.81. The zero-order chi connectivity index (χ0) is 12.5. The molecule has 0 atom stereocenters. The lowest BCUT2D eigenvalue weighted by atomic mass is 10.1. The third kappa shape index (κ3) is 2.29. The maximum Gasteiger partial charge on any atom is 0.420 e. The lowest BCUT2D eigenvalue weighted by Gasteiger charge is -2.13. The molecule has 1 aromatic carbocycles. The van der Waals surface area contributed by atoms with Crippen molar-refractivity contribution >= 4 is 17.7 Å². The number of thioether (sulfide) groups is 1. The summed E-state index contributed by atoms with van der Waals surface area (Å²) in [6, 6.07) is 1.76. The van der Waals surface area contributed by atoms with Crippen LogP contribution in [0.5, 0.6) is 0 Å². The van der Waals surface area contributed by atoms with Gasteiger partial charge in [-0.1, -0.05) is 0 Å². The molecule has 0 saturated heterocycles. The molecule has 88 valence electrons. The first-order valence-corrected chi connectivity index (χ1v) is 5.18. The van der Waals surface area contributed by atoms with Gasteiger partial charge >= 0.3 is 12.1 Å². The molecule has 0 bridgehead atoms. The van der Waals surface area contributed by atoms with E-state index in [9.17, 15) is 22.4 Å². The summed E-state index contributed by atoms with van der Waals surface area (Å²) in [5.74, 6) is -3.35. The van der Waals surface area contributed by atoms with Gasteiger partial charge in [-0.15, -0.1) is 11.8 Å². The summed E-state index contributed by atoms with van der Waals surface area (Å²) in [7, 11) is 0. The van der Waals surface area contributed by atoms with E-state index in [4.69, 9.17) is 5.11 Å². The summed E-state index contributed by atoms with van der Waals surface area (Å²) >= 11 is 0.778. The largest absolute Gasteiger partial charge is 0.478 e. The number of benzene rings is 1. The second-order valence-corrected chi connectivity index (χ2v) is 3.66. The maximum absolute atomic E-state index is 13.4. The summed E-state index contributed by atoms with van der Waals surface area (Å²) in [5, 5.41) is 8.54. The Kier molecular flexibility index (Phi) is 3.47. The van der Waals surface area contributed by atoms with Gasteiger partial charge in [-0.05, 0) is 18.4 Å². The van der Waals surface area contributed by atoms with Gasteiger partial charge < -0.3 is 5.11 Å². The Morgan fingerprint density at radius 2 is 1.94 bits per heavy atom. The van der Waals surface area contributed by atoms with E-state index in [1.807, 2.05) is 0 Å². The molecule has 0 heterocycles. The van der Waals surface area contributed by atoms with Crippen molar-refractivity contribution in [3.63, 3.8) is 0 Å². The predicted octanol–water partition coefficient (Wildman–Crippen LogP) is 3.26. The number of alkyl halides is 3. The monoisotopic (exact) mass is 254 g/mol. The van der Waals surface area contributed by atoms with Crippen LogP contribution < -0.4 is 0 Å². The van der Waals surface area contributed by atoms with Crippen LogP contribution in [0.15, 0.2) is 17.0 Å². The predicted molar refractivity (Wildman–Crippen MR) is 50.1 cm³/mol. The van der Waals surface area contributed by atoms with Gasteiger partial charge in [0.2, 0.25) is 0 Å². The van der Waals surface area contributed by atoms with E-state index < -0.39 is 29.1 Å². The summed E-state index contributed by atoms with van der Waals surface area (Å²) in [6.45, 7) is 0. The van der Waals surface area contributed by atoms with Crippen molar-refractivity contribution in [3.8, 4) is 0 Å². The molecule has 0 aliphatic carbocycles. The van der Waals surface area contributed by atoms with Gasteiger partial charge in [0.25, 0.3) is 0 Å². The Balaban J connectivity index is 3.56. The van der Waals surface area contributed by atoms with Gasteiger partial charge in [0.05, 0.1) is 5.56 Å². The lowest BCUT2D eigenvalue weighted by molar-refractivity contribution is -0.140. The van der Waals surface area contributed by atoms with E-state index in [-0.39, 0.29) is 4.90 Å². The Bertz CT molecular complexity index is 428. The fourth-order valence-electron chi connectivity index (χ4n) is 1.17. The van der Waals surface area contributed by atoms with Gasteiger partial charge in [0.15, 0.2) is 0 Å². The third-order valence-corrected chi connectivity index (χ3v) is 2.60. The molecule has 1 rings (SSSR count). The van der Waals surface area contributed by atoms with E-state index in [0.29, 0.717) is 0 Å². The van der Waals surface area contributed by atoms with E-state index in [2.05, 4.69) is 0 Å². The van der Waals surface area contributed by atoms with E-state index in [1.54, 1.807) is 0 Å². The molecule has 2 nitrogen and oxygen atoms in total. The fourth-order valence-corrected chi connectivity index (χ4v) is 1.66. The normalized spacial score (nSPS) is 11.6. The number of carboxylic acids is 1. The standard InChI is InChI=1S/C9H6F4O2S/c1-16-5-3-2-4(8(14)15)6(7(5)10)9(11,12)13/h2-3H,1H3,(H,14,15). The molecular weight excluding hydrogens is 248 g/mol. The lowest BCUT2D eigenvalue weighted by Crippen LogP contribution is -2.16. The molecule has 0 spiro atoms. The first-order valence-electron chi connectivity index (χ1n) is 3.96. The Morgan fingerprint density at radius 3 is 2.31 bits per heavy atom. The number of aromatic carboxylic acids is 1. The highest BCUT2D eigenvalue weighted by atomic mass is 32.2. The first kappa shape index (κ1) is 12.8. The molecule has 0 aliphatic heterocycles. The highest BCUT2D eigenvalue weighted by Gasteiger charge is 2.39. The number of halogens is 4. The minimum atomic E-state index is -5.02. The molecule has 0 aliphatic rings. The molecule has 0 fully saturated rings. The summed E-state index contributed by atoms with van der Waals surface area (Å²) < 4.78 is 50.8. The van der Waals surface area contributed by atoms with E-state index in [0.717, 1.165) is 23.9 Å². The molecular formula is C9H6F4O2S. The number of rotatable bonds is 2. The van der Waals surface area contributed by atoms with Gasteiger partial charge in [-0.25, -0.2) is 9.18 Å². The smallest absolute Gasteiger partial charge is 0.420 e. The van der Waals surface area contributed by atoms with E-state index >= 15 is 0 Å². The van der Waals surface area contributed by atoms with Crippen LogP contribution in [0.4, 0.5) is 17.6 Å². The summed E-state index contributed by atoms with van der Waals surface area (Å²) in [4.78, 5) is 10.3. The average Bonchev–Trinajstić information content (AvgIpc) is 2.14. The molecule has 0 saturated carbocycles. The van der Waals surface area contributed by atoms with Crippen molar-refractivity contribution in [2.24, 2.45) is 0 Å². The van der Waals surface area contributed by atoms with Crippen LogP contribution in [0.2, 0.25) is 0 Å². The minimum Gasteiger partial charge on any atom is -0.478 e. The first-order chi connectivity index (χ1) is 7.29. The number of carbonyl (C=O) groups is 1. The zero-order valence-electron chi connectivity index (χ0n) is 7.93. The van der Waals surface area contributed by atoms with Crippen LogP contribution in [0.25, 0.3) is 0 Å². The molecule has 1 aromatic rings. The Morgan fingerprint density at radius 1 is 1.38 bits per heavy atom. The van der Waals surface area contributed by atoms with Crippen molar-refractivity contribution in [1.29, 1.82) is 0 Å². The quantitative estimate of drug-likeness (QED) is 0.650. The van der Waals surface area contributed by atoms with Crippen molar-refractivity contribution < 1.29 is 27.5 Å². The van der Waals surface area contributed by atoms with Crippen LogP contribution in [0.1, 0.15) is 15.9 Å². The van der Waals surface area contributed by atoms with Gasteiger partial charge in [-0.3, -0.25) is 0 Å². The van der Waals surface area contributed by atoms with Gasteiger partial charge in [-0.2, -0.15) is 13.2 Å². The fraction of sp³-hybridized carbons (Fsp3) is 0.222. The van der Waals surface area contributed by atoms with Gasteiger partial charge in [0.1, 0.15) is 11.4 Å². The molecule has 1 N–H and O–H groups in total. The molecule has 0 aromatic heterocycles. The average molecular weight is 254 g/mol. The molecule has 16 heavy (non-hydrogen) atoms. The van der Waals surface area contributed by atoms with Crippen LogP contribution in [-0.2, 0) is 6.18 Å². The highest BCUT2D eigenvalue weighted by Crippen LogP contribution is 2.37. The highest BCUT2D eigenvalue weighted by molar-refractivity contribution is 7.98. The molecule has 0 unspecified atom stereocenters. The number of hydrogen-bond acceptors (Lipinski definition) is 2. The zero-order valence-corrected chi connectivity index (χ0v) is 8.75. The van der Waals surface area contributed by atoms with Crippen molar-refractivity contribution in [2.45, 2.75) is 11.1 Å². The van der Waals surface area contributed by atoms with Gasteiger partial charge in [0, 0.05) is 4.90 Å². The topological polar surface area (TPSA) is 37.3 Å². The number of hydrogen-bond donors (Lipinski definition) is 1. The van der Waals surface area contributed by atoms with Crippen molar-refractivity contribution in [2.75, 3.05) is 6.26 Å². The SMILES string of the molecule is CSc1ccc(C(=O)O)c(C(F)(F)F)c1F. The minimum absolute atomic E-state index is 0.239. The van der Waals surface area contributed by atoms with Crippen LogP contribution >= 0.6 is 11.8 Å². The molecule has 0 amide bonds. The van der Waals surface area contributed by atoms with E-state index in [1.165, 1.54) is 6.26 Å². The number of carboxylic acid groups (broad SMARTS) is 1. The summed E-state index contributed by atoms with van der Waals surface area (Å²) in [5.41, 5.74) is -2.81. The molecule has 0 radical (unpaired) electrons. The molecule has 7 heteroatoms. The van der Waals surface area contributed by atoms with Crippen LogP contribution in [0, 0.1) is 5.82 Å². The van der Waals surface area contributed by atoms with Crippen LogP contribution in [0.3, 0.4) is 0 Å². The van der Waals surface area contributed by atoms with Crippen LogP contribution in [-0.4, -0.2) is 17.3 Å².